The van der Waals surface area contributed by atoms with Crippen LogP contribution >= 0.6 is 11.8 Å². The first-order valence-electron chi connectivity index (χ1n) is 8.74. The Hall–Kier alpha value is -1.15. The van der Waals surface area contributed by atoms with E-state index < -0.39 is 0 Å². The lowest BCUT2D eigenvalue weighted by atomic mass is 9.80. The molecule has 3 aliphatic carbocycles. The summed E-state index contributed by atoms with van der Waals surface area (Å²) in [6.45, 7) is 0. The minimum absolute atomic E-state index is 0.0721. The number of ether oxygens (including phenoxy) is 1. The second-order valence-corrected chi connectivity index (χ2v) is 9.03. The number of fused-ring (bicyclic) bond motifs is 9. The van der Waals surface area contributed by atoms with Crippen LogP contribution in [0.5, 0.6) is 5.75 Å². The van der Waals surface area contributed by atoms with Crippen LogP contribution in [0.3, 0.4) is 0 Å². The van der Waals surface area contributed by atoms with Crippen LogP contribution in [-0.4, -0.2) is 4.93 Å². The molecule has 1 aliphatic heterocycles. The highest BCUT2D eigenvalue weighted by Crippen LogP contribution is 2.70. The molecule has 1 heterocycles. The predicted molar refractivity (Wildman–Crippen MR) is 90.2 cm³/mol. The summed E-state index contributed by atoms with van der Waals surface area (Å²) in [6, 6.07) is 13.2. The summed E-state index contributed by atoms with van der Waals surface area (Å²) < 4.78 is 6.77. The lowest BCUT2D eigenvalue weighted by molar-refractivity contribution is 0.0613. The molecule has 0 aromatic heterocycles. The molecule has 2 bridgehead atoms. The summed E-state index contributed by atoms with van der Waals surface area (Å²) in [5.74, 6) is 4.88. The predicted octanol–water partition coefficient (Wildman–Crippen LogP) is 5.48. The minimum atomic E-state index is 0.0721. The molecule has 5 atom stereocenters. The number of hydrogen-bond acceptors (Lipinski definition) is 2. The maximum Gasteiger partial charge on any atom is 0.162 e. The summed E-state index contributed by atoms with van der Waals surface area (Å²) in [5.41, 5.74) is 0. The molecule has 22 heavy (non-hydrogen) atoms. The first kappa shape index (κ1) is 12.3. The Labute approximate surface area is 135 Å². The van der Waals surface area contributed by atoms with E-state index in [1.807, 2.05) is 0 Å². The standard InChI is InChI=1S/C20H20OS/c1-2-5-15-12(4-1)8-9-18-19(15)21-20(22-18)11-13-10-17(20)16-7-3-6-14(13)16/h1-2,4-5,8-9,13-14,16-17H,3,6-7,10-11H2. The highest BCUT2D eigenvalue weighted by Gasteiger charge is 2.64. The summed E-state index contributed by atoms with van der Waals surface area (Å²) >= 11 is 2.05. The molecule has 2 heteroatoms. The third kappa shape index (κ3) is 1.39. The number of thioether (sulfide) groups is 1. The number of hydrogen-bond donors (Lipinski definition) is 0. The monoisotopic (exact) mass is 308 g/mol. The van der Waals surface area contributed by atoms with Gasteiger partial charge in [0.1, 0.15) is 5.75 Å². The van der Waals surface area contributed by atoms with Gasteiger partial charge >= 0.3 is 0 Å². The van der Waals surface area contributed by atoms with Gasteiger partial charge in [0, 0.05) is 17.7 Å². The maximum absolute atomic E-state index is 6.77. The van der Waals surface area contributed by atoms with Gasteiger partial charge in [-0.2, -0.15) is 0 Å². The second kappa shape index (κ2) is 4.03. The Morgan fingerprint density at radius 3 is 2.95 bits per heavy atom. The molecule has 0 radical (unpaired) electrons. The van der Waals surface area contributed by atoms with Gasteiger partial charge in [0.25, 0.3) is 0 Å². The second-order valence-electron chi connectivity index (χ2n) is 7.69. The normalized spacial score (nSPS) is 41.1. The van der Waals surface area contributed by atoms with Crippen molar-refractivity contribution >= 4 is 22.5 Å². The van der Waals surface area contributed by atoms with Crippen LogP contribution < -0.4 is 4.74 Å². The van der Waals surface area contributed by atoms with Crippen molar-refractivity contribution in [1.82, 2.24) is 0 Å². The Kier molecular flexibility index (Phi) is 2.25. The molecule has 1 nitrogen and oxygen atoms in total. The molecule has 0 amide bonds. The van der Waals surface area contributed by atoms with Gasteiger partial charge in [0.05, 0.1) is 4.90 Å². The fourth-order valence-corrected chi connectivity index (χ4v) is 7.66. The molecule has 0 saturated heterocycles. The molecule has 3 saturated carbocycles. The van der Waals surface area contributed by atoms with Crippen LogP contribution in [0, 0.1) is 23.7 Å². The Balaban J connectivity index is 1.46. The minimum Gasteiger partial charge on any atom is -0.474 e. The van der Waals surface area contributed by atoms with Gasteiger partial charge in [-0.05, 0) is 48.5 Å². The summed E-state index contributed by atoms with van der Waals surface area (Å²) in [6.07, 6.45) is 7.11. The highest BCUT2D eigenvalue weighted by atomic mass is 32.2. The lowest BCUT2D eigenvalue weighted by Gasteiger charge is -2.38. The molecule has 4 aliphatic rings. The molecule has 2 aromatic rings. The molecule has 1 spiro atoms. The fraction of sp³-hybridized carbons (Fsp3) is 0.500. The maximum atomic E-state index is 6.77. The topological polar surface area (TPSA) is 9.23 Å². The Bertz CT molecular complexity index is 784. The Morgan fingerprint density at radius 2 is 1.95 bits per heavy atom. The van der Waals surface area contributed by atoms with E-state index in [0.717, 1.165) is 23.7 Å². The average molecular weight is 308 g/mol. The zero-order valence-corrected chi connectivity index (χ0v) is 13.4. The van der Waals surface area contributed by atoms with Gasteiger partial charge in [-0.15, -0.1) is 0 Å². The van der Waals surface area contributed by atoms with Crippen LogP contribution in [0.2, 0.25) is 0 Å². The SMILES string of the molecule is c1ccc2c3c(ccc2c1)SC1(CC2CC1C1CCCC21)O3. The third-order valence-electron chi connectivity index (χ3n) is 6.82. The largest absolute Gasteiger partial charge is 0.474 e. The smallest absolute Gasteiger partial charge is 0.162 e. The molecule has 5 unspecified atom stereocenters. The van der Waals surface area contributed by atoms with Crippen molar-refractivity contribution in [2.75, 3.05) is 0 Å². The molecule has 6 rings (SSSR count). The number of benzene rings is 2. The summed E-state index contributed by atoms with van der Waals surface area (Å²) in [5, 5.41) is 2.61. The molecule has 0 N–H and O–H groups in total. The van der Waals surface area contributed by atoms with E-state index in [1.54, 1.807) is 0 Å². The van der Waals surface area contributed by atoms with Crippen molar-refractivity contribution in [2.24, 2.45) is 23.7 Å². The van der Waals surface area contributed by atoms with E-state index in [2.05, 4.69) is 48.2 Å². The first-order valence-corrected chi connectivity index (χ1v) is 9.55. The van der Waals surface area contributed by atoms with Crippen molar-refractivity contribution in [2.45, 2.75) is 41.9 Å². The van der Waals surface area contributed by atoms with E-state index in [-0.39, 0.29) is 4.93 Å². The molecular formula is C20H20OS. The van der Waals surface area contributed by atoms with E-state index >= 15 is 0 Å². The van der Waals surface area contributed by atoms with Crippen molar-refractivity contribution in [1.29, 1.82) is 0 Å². The van der Waals surface area contributed by atoms with Crippen molar-refractivity contribution in [3.8, 4) is 5.75 Å². The quantitative estimate of drug-likeness (QED) is 0.637. The van der Waals surface area contributed by atoms with Crippen LogP contribution in [0.1, 0.15) is 32.1 Å². The first-order chi connectivity index (χ1) is 10.8. The van der Waals surface area contributed by atoms with Gasteiger partial charge in [-0.1, -0.05) is 48.5 Å². The molecule has 3 fully saturated rings. The third-order valence-corrected chi connectivity index (χ3v) is 8.26. The molecular weight excluding hydrogens is 288 g/mol. The zero-order chi connectivity index (χ0) is 14.3. The summed E-state index contributed by atoms with van der Waals surface area (Å²) in [4.78, 5) is 1.45. The van der Waals surface area contributed by atoms with Gasteiger partial charge in [-0.3, -0.25) is 0 Å². The Morgan fingerprint density at radius 1 is 1.05 bits per heavy atom. The van der Waals surface area contributed by atoms with Crippen LogP contribution in [0.15, 0.2) is 41.3 Å². The van der Waals surface area contributed by atoms with Gasteiger partial charge in [-0.25, -0.2) is 0 Å². The van der Waals surface area contributed by atoms with Crippen molar-refractivity contribution in [3.63, 3.8) is 0 Å². The van der Waals surface area contributed by atoms with E-state index in [9.17, 15) is 0 Å². The van der Waals surface area contributed by atoms with E-state index in [4.69, 9.17) is 4.74 Å². The van der Waals surface area contributed by atoms with E-state index in [0.29, 0.717) is 0 Å². The van der Waals surface area contributed by atoms with Gasteiger partial charge < -0.3 is 4.74 Å². The van der Waals surface area contributed by atoms with E-state index in [1.165, 1.54) is 53.5 Å². The van der Waals surface area contributed by atoms with Crippen LogP contribution in [0.4, 0.5) is 0 Å². The fourth-order valence-electron chi connectivity index (χ4n) is 6.06. The van der Waals surface area contributed by atoms with Crippen LogP contribution in [-0.2, 0) is 0 Å². The average Bonchev–Trinajstić information content (AvgIpc) is 3.27. The number of rotatable bonds is 0. The lowest BCUT2D eigenvalue weighted by Crippen LogP contribution is -2.41. The van der Waals surface area contributed by atoms with Crippen LogP contribution in [0.25, 0.3) is 10.8 Å². The molecule has 112 valence electrons. The van der Waals surface area contributed by atoms with Gasteiger partial charge in [0.2, 0.25) is 0 Å². The van der Waals surface area contributed by atoms with Crippen molar-refractivity contribution in [3.05, 3.63) is 36.4 Å². The zero-order valence-electron chi connectivity index (χ0n) is 12.6. The highest BCUT2D eigenvalue weighted by molar-refractivity contribution is 8.01. The summed E-state index contributed by atoms with van der Waals surface area (Å²) in [7, 11) is 0. The van der Waals surface area contributed by atoms with Gasteiger partial charge in [0.15, 0.2) is 4.93 Å². The molecule has 2 aromatic carbocycles. The van der Waals surface area contributed by atoms with Crippen molar-refractivity contribution < 1.29 is 4.74 Å².